The quantitative estimate of drug-likeness (QED) is 0.536. The van der Waals surface area contributed by atoms with Crippen LogP contribution in [0.15, 0.2) is 52.9 Å². The van der Waals surface area contributed by atoms with Crippen LogP contribution in [0.5, 0.6) is 0 Å². The highest BCUT2D eigenvalue weighted by molar-refractivity contribution is 7.89. The topological polar surface area (TPSA) is 120 Å². The van der Waals surface area contributed by atoms with Crippen LogP contribution in [0.3, 0.4) is 0 Å². The number of carbonyl (C=O) groups is 1. The van der Waals surface area contributed by atoms with Crippen molar-refractivity contribution < 1.29 is 17.6 Å². The van der Waals surface area contributed by atoms with Crippen LogP contribution in [0.1, 0.15) is 21.9 Å². The largest absolute Gasteiger partial charge is 0.451 e. The Morgan fingerprint density at radius 2 is 1.97 bits per heavy atom. The van der Waals surface area contributed by atoms with Crippen LogP contribution in [0.25, 0.3) is 16.7 Å². The lowest BCUT2D eigenvalue weighted by atomic mass is 10.1. The molecule has 2 aromatic carbocycles. The summed E-state index contributed by atoms with van der Waals surface area (Å²) >= 11 is 0. The van der Waals surface area contributed by atoms with Crippen LogP contribution >= 0.6 is 0 Å². The highest BCUT2D eigenvalue weighted by Crippen LogP contribution is 2.28. The maximum absolute atomic E-state index is 12.9. The summed E-state index contributed by atoms with van der Waals surface area (Å²) in [6.07, 6.45) is 1.12. The van der Waals surface area contributed by atoms with Gasteiger partial charge < -0.3 is 9.73 Å². The predicted octanol–water partition coefficient (Wildman–Crippen LogP) is 2.51. The summed E-state index contributed by atoms with van der Waals surface area (Å²) in [5.41, 5.74) is 1.96. The van der Waals surface area contributed by atoms with Crippen molar-refractivity contribution in [3.05, 3.63) is 65.7 Å². The van der Waals surface area contributed by atoms with Gasteiger partial charge in [-0.05, 0) is 41.6 Å². The zero-order chi connectivity index (χ0) is 20.6. The van der Waals surface area contributed by atoms with Gasteiger partial charge in [-0.1, -0.05) is 24.3 Å². The van der Waals surface area contributed by atoms with Gasteiger partial charge in [0.25, 0.3) is 5.91 Å². The summed E-state index contributed by atoms with van der Waals surface area (Å²) in [7, 11) is -3.37. The number of sulfone groups is 1. The molecule has 0 saturated carbocycles. The molecule has 9 nitrogen and oxygen atoms in total. The maximum Gasteiger partial charge on any atom is 0.291 e. The third-order valence-corrected chi connectivity index (χ3v) is 5.10. The van der Waals surface area contributed by atoms with Crippen molar-refractivity contribution in [1.82, 2.24) is 20.2 Å². The van der Waals surface area contributed by atoms with Crippen molar-refractivity contribution in [3.8, 4) is 5.69 Å². The lowest BCUT2D eigenvalue weighted by Gasteiger charge is -2.08. The maximum atomic E-state index is 12.9. The van der Waals surface area contributed by atoms with E-state index in [0.717, 1.165) is 6.26 Å². The Hall–Kier alpha value is -3.53. The number of nitrogens with zero attached hydrogens (tertiary/aromatic N) is 4. The Kier molecular flexibility index (Phi) is 4.63. The molecule has 1 N–H and O–H groups in total. The molecule has 1 amide bonds. The lowest BCUT2D eigenvalue weighted by molar-refractivity contribution is 0.0998. The number of carbonyl (C=O) groups excluding carboxylic acids is 1. The molecule has 4 rings (SSSR count). The minimum atomic E-state index is -3.37. The number of hydrogen-bond donors (Lipinski definition) is 1. The van der Waals surface area contributed by atoms with Gasteiger partial charge in [0.2, 0.25) is 0 Å². The van der Waals surface area contributed by atoms with Gasteiger partial charge in [-0.25, -0.2) is 8.42 Å². The molecule has 10 heteroatoms. The zero-order valence-corrected chi connectivity index (χ0v) is 16.5. The minimum absolute atomic E-state index is 0.0272. The summed E-state index contributed by atoms with van der Waals surface area (Å²) in [6, 6.07) is 13.9. The van der Waals surface area contributed by atoms with E-state index >= 15 is 0 Å². The van der Waals surface area contributed by atoms with Crippen LogP contribution in [-0.2, 0) is 15.6 Å². The number of rotatable bonds is 5. The number of aryl methyl sites for hydroxylation is 1. The summed E-state index contributed by atoms with van der Waals surface area (Å²) < 4.78 is 31.0. The molecule has 0 atom stereocenters. The van der Waals surface area contributed by atoms with Crippen LogP contribution in [0.4, 0.5) is 5.69 Å². The molecule has 0 aliphatic heterocycles. The number of amides is 1. The van der Waals surface area contributed by atoms with Crippen molar-refractivity contribution in [1.29, 1.82) is 0 Å². The van der Waals surface area contributed by atoms with Gasteiger partial charge in [-0.2, -0.15) is 4.68 Å². The average molecular weight is 411 g/mol. The van der Waals surface area contributed by atoms with E-state index in [4.69, 9.17) is 4.42 Å². The number of aromatic nitrogens is 4. The first-order chi connectivity index (χ1) is 13.8. The molecule has 29 heavy (non-hydrogen) atoms. The van der Waals surface area contributed by atoms with Gasteiger partial charge in [0.1, 0.15) is 5.58 Å². The molecule has 0 unspecified atom stereocenters. The second-order valence-corrected chi connectivity index (χ2v) is 8.76. The van der Waals surface area contributed by atoms with Gasteiger partial charge in [-0.15, -0.1) is 5.10 Å². The standard InChI is InChI=1S/C19H17N5O4S/c1-12-21-22-23-24(12)14-7-5-6-13(10-14)20-19(25)18-16(11-29(2,26)27)15-8-3-4-9-17(15)28-18/h3-10H,11H2,1-2H3,(H,20,25). The van der Waals surface area contributed by atoms with Gasteiger partial charge in [-0.3, -0.25) is 4.79 Å². The second kappa shape index (κ2) is 7.13. The van der Waals surface area contributed by atoms with Crippen molar-refractivity contribution in [2.75, 3.05) is 11.6 Å². The van der Waals surface area contributed by atoms with Gasteiger partial charge in [0, 0.05) is 22.9 Å². The first kappa shape index (κ1) is 18.8. The highest BCUT2D eigenvalue weighted by atomic mass is 32.2. The first-order valence-corrected chi connectivity index (χ1v) is 10.7. The molecule has 0 fully saturated rings. The average Bonchev–Trinajstić information content (AvgIpc) is 3.25. The zero-order valence-electron chi connectivity index (χ0n) is 15.7. The second-order valence-electron chi connectivity index (χ2n) is 6.62. The highest BCUT2D eigenvalue weighted by Gasteiger charge is 2.23. The molecule has 0 saturated heterocycles. The van der Waals surface area contributed by atoms with E-state index < -0.39 is 15.7 Å². The fourth-order valence-corrected chi connectivity index (χ4v) is 3.87. The van der Waals surface area contributed by atoms with E-state index in [1.807, 2.05) is 0 Å². The Bertz CT molecular complexity index is 1320. The third kappa shape index (κ3) is 3.87. The molecule has 148 valence electrons. The van der Waals surface area contributed by atoms with E-state index in [0.29, 0.717) is 33.7 Å². The van der Waals surface area contributed by atoms with Crippen LogP contribution < -0.4 is 5.32 Å². The predicted molar refractivity (Wildman–Crippen MR) is 107 cm³/mol. The molecule has 0 bridgehead atoms. The van der Waals surface area contributed by atoms with Gasteiger partial charge in [0.15, 0.2) is 21.4 Å². The van der Waals surface area contributed by atoms with E-state index in [1.165, 1.54) is 4.68 Å². The molecule has 0 aliphatic rings. The van der Waals surface area contributed by atoms with E-state index in [2.05, 4.69) is 20.8 Å². The molecule has 2 heterocycles. The van der Waals surface area contributed by atoms with Crippen LogP contribution in [0, 0.1) is 6.92 Å². The fraction of sp³-hybridized carbons (Fsp3) is 0.158. The lowest BCUT2D eigenvalue weighted by Crippen LogP contribution is -2.14. The van der Waals surface area contributed by atoms with E-state index in [1.54, 1.807) is 55.5 Å². The normalized spacial score (nSPS) is 11.7. The number of nitrogens with one attached hydrogen (secondary N) is 1. The Balaban J connectivity index is 1.70. The summed E-state index contributed by atoms with van der Waals surface area (Å²) in [5, 5.41) is 14.7. The van der Waals surface area contributed by atoms with Gasteiger partial charge >= 0.3 is 0 Å². The molecule has 0 spiro atoms. The smallest absolute Gasteiger partial charge is 0.291 e. The van der Waals surface area contributed by atoms with E-state index in [9.17, 15) is 13.2 Å². The molecule has 4 aromatic rings. The summed E-state index contributed by atoms with van der Waals surface area (Å²) in [4.78, 5) is 12.9. The fourth-order valence-electron chi connectivity index (χ4n) is 3.06. The third-order valence-electron chi connectivity index (χ3n) is 4.29. The monoisotopic (exact) mass is 411 g/mol. The number of anilines is 1. The number of benzene rings is 2. The Labute approximate surface area is 166 Å². The molecular weight excluding hydrogens is 394 g/mol. The van der Waals surface area contributed by atoms with Crippen LogP contribution in [0.2, 0.25) is 0 Å². The van der Waals surface area contributed by atoms with Gasteiger partial charge in [0.05, 0.1) is 11.4 Å². The first-order valence-electron chi connectivity index (χ1n) is 8.67. The number of para-hydroxylation sites is 1. The molecule has 2 aromatic heterocycles. The summed E-state index contributed by atoms with van der Waals surface area (Å²) in [5.74, 6) is -0.261. The number of tetrazole rings is 1. The van der Waals surface area contributed by atoms with Crippen molar-refractivity contribution >= 4 is 32.4 Å². The summed E-state index contributed by atoms with van der Waals surface area (Å²) in [6.45, 7) is 1.76. The molecule has 0 radical (unpaired) electrons. The number of furan rings is 1. The van der Waals surface area contributed by atoms with Crippen molar-refractivity contribution in [2.45, 2.75) is 12.7 Å². The number of fused-ring (bicyclic) bond motifs is 1. The SMILES string of the molecule is Cc1nnnn1-c1cccc(NC(=O)c2oc3ccccc3c2CS(C)(=O)=O)c1. The minimum Gasteiger partial charge on any atom is -0.451 e. The van der Waals surface area contributed by atoms with E-state index in [-0.39, 0.29) is 11.5 Å². The Morgan fingerprint density at radius 1 is 1.17 bits per heavy atom. The molecule has 0 aliphatic carbocycles. The molecular formula is C19H17N5O4S. The number of hydrogen-bond acceptors (Lipinski definition) is 7. The van der Waals surface area contributed by atoms with Crippen LogP contribution in [-0.4, -0.2) is 40.8 Å². The van der Waals surface area contributed by atoms with Crippen molar-refractivity contribution in [3.63, 3.8) is 0 Å². The van der Waals surface area contributed by atoms with Crippen molar-refractivity contribution in [2.24, 2.45) is 0 Å². The Morgan fingerprint density at radius 3 is 2.69 bits per heavy atom.